The molecule has 1 atom stereocenters. The second-order valence-electron chi connectivity index (χ2n) is 5.54. The fraction of sp³-hybridized carbons (Fsp3) is 0.267. The molecule has 0 fully saturated rings. The zero-order valence-corrected chi connectivity index (χ0v) is 13.7. The van der Waals surface area contributed by atoms with Gasteiger partial charge >= 0.3 is 5.69 Å². The zero-order chi connectivity index (χ0) is 18.0. The van der Waals surface area contributed by atoms with Crippen molar-refractivity contribution in [3.05, 3.63) is 50.9 Å². The van der Waals surface area contributed by atoms with Crippen LogP contribution in [0, 0.1) is 0 Å². The first-order chi connectivity index (χ1) is 12.0. The van der Waals surface area contributed by atoms with Gasteiger partial charge in [0, 0.05) is 25.0 Å². The SMILES string of the molecule is CC(O)Cn1c(N/N=C/c2cccnc2)nc2c1c(=O)[nH]c(=O)n2C. The van der Waals surface area contributed by atoms with Crippen LogP contribution in [0.25, 0.3) is 11.2 Å². The number of pyridine rings is 1. The molecular weight excluding hydrogens is 326 g/mol. The molecule has 10 heteroatoms. The predicted octanol–water partition coefficient (Wildman–Crippen LogP) is -0.355. The number of aliphatic hydroxyl groups is 1. The van der Waals surface area contributed by atoms with Crippen molar-refractivity contribution in [3.8, 4) is 0 Å². The fourth-order valence-electron chi connectivity index (χ4n) is 2.38. The highest BCUT2D eigenvalue weighted by molar-refractivity contribution is 5.80. The van der Waals surface area contributed by atoms with Crippen LogP contribution in [0.2, 0.25) is 0 Å². The lowest BCUT2D eigenvalue weighted by atomic mass is 10.3. The number of anilines is 1. The molecule has 3 aromatic rings. The van der Waals surface area contributed by atoms with Crippen LogP contribution in [0.15, 0.2) is 39.2 Å². The number of aliphatic hydroxyl groups excluding tert-OH is 1. The molecular formula is C15H17N7O3. The van der Waals surface area contributed by atoms with Crippen molar-refractivity contribution >= 4 is 23.3 Å². The van der Waals surface area contributed by atoms with E-state index in [0.717, 1.165) is 5.56 Å². The standard InChI is InChI=1S/C15H17N7O3/c1-9(23)8-22-11-12(21(2)15(25)19-13(11)24)18-14(22)20-17-7-10-4-3-5-16-6-10/h3-7,9,23H,8H2,1-2H3,(H,18,20)(H,19,24,25)/b17-7+. The van der Waals surface area contributed by atoms with E-state index in [1.807, 2.05) is 6.07 Å². The number of fused-ring (bicyclic) bond motifs is 1. The Balaban J connectivity index is 2.06. The predicted molar refractivity (Wildman–Crippen MR) is 92.7 cm³/mol. The van der Waals surface area contributed by atoms with Crippen LogP contribution in [0.3, 0.4) is 0 Å². The van der Waals surface area contributed by atoms with Crippen LogP contribution in [0.1, 0.15) is 12.5 Å². The number of nitrogens with zero attached hydrogens (tertiary/aromatic N) is 5. The van der Waals surface area contributed by atoms with Gasteiger partial charge in [-0.05, 0) is 13.0 Å². The van der Waals surface area contributed by atoms with E-state index in [4.69, 9.17) is 0 Å². The minimum atomic E-state index is -0.725. The second kappa shape index (κ2) is 6.69. The number of imidazole rings is 1. The molecule has 0 saturated carbocycles. The monoisotopic (exact) mass is 343 g/mol. The van der Waals surface area contributed by atoms with Crippen LogP contribution >= 0.6 is 0 Å². The third kappa shape index (κ3) is 3.33. The summed E-state index contributed by atoms with van der Waals surface area (Å²) in [6, 6.07) is 3.60. The Morgan fingerprint density at radius 1 is 1.48 bits per heavy atom. The van der Waals surface area contributed by atoms with E-state index in [0.29, 0.717) is 0 Å². The highest BCUT2D eigenvalue weighted by Gasteiger charge is 2.18. The average molecular weight is 343 g/mol. The Kier molecular flexibility index (Phi) is 4.44. The fourth-order valence-corrected chi connectivity index (χ4v) is 2.38. The summed E-state index contributed by atoms with van der Waals surface area (Å²) in [5.74, 6) is 0.239. The second-order valence-corrected chi connectivity index (χ2v) is 5.54. The van der Waals surface area contributed by atoms with Crippen LogP contribution < -0.4 is 16.7 Å². The minimum absolute atomic E-state index is 0.114. The maximum atomic E-state index is 12.2. The number of H-pyrrole nitrogens is 1. The molecule has 0 aliphatic rings. The van der Waals surface area contributed by atoms with Crippen molar-refractivity contribution in [1.29, 1.82) is 0 Å². The molecule has 3 heterocycles. The molecule has 3 rings (SSSR count). The Morgan fingerprint density at radius 2 is 2.28 bits per heavy atom. The van der Waals surface area contributed by atoms with Crippen LogP contribution in [0.4, 0.5) is 5.95 Å². The molecule has 0 amide bonds. The first-order valence-electron chi connectivity index (χ1n) is 7.54. The number of rotatable bonds is 5. The van der Waals surface area contributed by atoms with Gasteiger partial charge in [-0.25, -0.2) is 10.2 Å². The van der Waals surface area contributed by atoms with E-state index in [-0.39, 0.29) is 23.7 Å². The lowest BCUT2D eigenvalue weighted by Crippen LogP contribution is -2.29. The molecule has 0 aromatic carbocycles. The van der Waals surface area contributed by atoms with E-state index in [9.17, 15) is 14.7 Å². The van der Waals surface area contributed by atoms with Gasteiger partial charge < -0.3 is 9.67 Å². The highest BCUT2D eigenvalue weighted by Crippen LogP contribution is 2.16. The maximum absolute atomic E-state index is 12.2. The van der Waals surface area contributed by atoms with E-state index in [1.165, 1.54) is 16.2 Å². The van der Waals surface area contributed by atoms with Crippen molar-refractivity contribution in [3.63, 3.8) is 0 Å². The number of aryl methyl sites for hydroxylation is 1. The van der Waals surface area contributed by atoms with Crippen LogP contribution in [-0.4, -0.2) is 41.5 Å². The minimum Gasteiger partial charge on any atom is -0.392 e. The Morgan fingerprint density at radius 3 is 2.96 bits per heavy atom. The summed E-state index contributed by atoms with van der Waals surface area (Å²) in [5, 5.41) is 13.8. The molecule has 130 valence electrons. The van der Waals surface area contributed by atoms with Crippen molar-refractivity contribution in [2.24, 2.45) is 12.1 Å². The molecule has 0 aliphatic carbocycles. The van der Waals surface area contributed by atoms with Gasteiger partial charge in [0.1, 0.15) is 0 Å². The molecule has 1 unspecified atom stereocenters. The lowest BCUT2D eigenvalue weighted by molar-refractivity contribution is 0.175. The highest BCUT2D eigenvalue weighted by atomic mass is 16.3. The Bertz CT molecular complexity index is 1030. The summed E-state index contributed by atoms with van der Waals surface area (Å²) >= 11 is 0. The quantitative estimate of drug-likeness (QED) is 0.429. The van der Waals surface area contributed by atoms with Crippen LogP contribution in [0.5, 0.6) is 0 Å². The molecule has 3 N–H and O–H groups in total. The Hall–Kier alpha value is -3.27. The summed E-state index contributed by atoms with van der Waals surface area (Å²) in [6.07, 6.45) is 4.11. The van der Waals surface area contributed by atoms with Gasteiger partial charge in [-0.1, -0.05) is 6.07 Å². The van der Waals surface area contributed by atoms with Gasteiger partial charge in [-0.15, -0.1) is 0 Å². The number of hydrazone groups is 1. The molecule has 25 heavy (non-hydrogen) atoms. The molecule has 0 radical (unpaired) electrons. The summed E-state index contributed by atoms with van der Waals surface area (Å²) in [5.41, 5.74) is 2.77. The summed E-state index contributed by atoms with van der Waals surface area (Å²) in [7, 11) is 1.50. The van der Waals surface area contributed by atoms with E-state index in [1.54, 1.807) is 31.6 Å². The smallest absolute Gasteiger partial charge is 0.329 e. The molecule has 0 spiro atoms. The van der Waals surface area contributed by atoms with Gasteiger partial charge in [0.25, 0.3) is 5.56 Å². The number of hydrogen-bond donors (Lipinski definition) is 3. The maximum Gasteiger partial charge on any atom is 0.329 e. The third-order valence-corrected chi connectivity index (χ3v) is 3.52. The van der Waals surface area contributed by atoms with Crippen molar-refractivity contribution < 1.29 is 5.11 Å². The zero-order valence-electron chi connectivity index (χ0n) is 13.7. The third-order valence-electron chi connectivity index (χ3n) is 3.52. The summed E-state index contributed by atoms with van der Waals surface area (Å²) in [6.45, 7) is 1.70. The molecule has 0 saturated heterocycles. The number of nitrogens with one attached hydrogen (secondary N) is 2. The largest absolute Gasteiger partial charge is 0.392 e. The Labute approximate surface area is 141 Å². The van der Waals surface area contributed by atoms with Gasteiger partial charge in [0.2, 0.25) is 5.95 Å². The van der Waals surface area contributed by atoms with E-state index < -0.39 is 17.4 Å². The van der Waals surface area contributed by atoms with Crippen molar-refractivity contribution in [2.75, 3.05) is 5.43 Å². The van der Waals surface area contributed by atoms with E-state index >= 15 is 0 Å². The number of aromatic amines is 1. The topological polar surface area (TPSA) is 130 Å². The lowest BCUT2D eigenvalue weighted by Gasteiger charge is -2.09. The first-order valence-corrected chi connectivity index (χ1v) is 7.54. The van der Waals surface area contributed by atoms with Gasteiger partial charge in [0.05, 0.1) is 18.9 Å². The number of aromatic nitrogens is 5. The molecule has 0 aliphatic heterocycles. The van der Waals surface area contributed by atoms with Gasteiger partial charge in [0.15, 0.2) is 11.2 Å². The average Bonchev–Trinajstić information content (AvgIpc) is 2.92. The van der Waals surface area contributed by atoms with Crippen LogP contribution in [-0.2, 0) is 13.6 Å². The number of hydrogen-bond acceptors (Lipinski definition) is 7. The molecule has 3 aromatic heterocycles. The summed E-state index contributed by atoms with van der Waals surface area (Å²) in [4.78, 5) is 34.4. The van der Waals surface area contributed by atoms with E-state index in [2.05, 4.69) is 25.5 Å². The summed E-state index contributed by atoms with van der Waals surface area (Å²) < 4.78 is 2.71. The van der Waals surface area contributed by atoms with Gasteiger partial charge in [-0.3, -0.25) is 19.3 Å². The van der Waals surface area contributed by atoms with Crippen molar-refractivity contribution in [2.45, 2.75) is 19.6 Å². The van der Waals surface area contributed by atoms with Gasteiger partial charge in [-0.2, -0.15) is 10.1 Å². The normalized spacial score (nSPS) is 12.8. The molecule has 10 nitrogen and oxygen atoms in total. The van der Waals surface area contributed by atoms with Crippen molar-refractivity contribution in [1.82, 2.24) is 24.1 Å². The first kappa shape index (κ1) is 16.6. The molecule has 0 bridgehead atoms.